The molecule has 37 heavy (non-hydrogen) atoms. The standard InChI is InChI=1S/C28H18F3N5O/c29-28(30,31)22-5-1-4-21(13-22)27(37)35-23-6-2-3-20(14-23)25-24-11-12-36(26(24)34-17-33-25)16-19-9-7-18(15-32)8-10-19/h1-14,17H,16H2,(H,35,37). The number of nitrogens with one attached hydrogen (secondary N) is 1. The third kappa shape index (κ3) is 5.04. The lowest BCUT2D eigenvalue weighted by atomic mass is 10.1. The number of hydrogen-bond donors (Lipinski definition) is 1. The minimum absolute atomic E-state index is 0.0930. The van der Waals surface area contributed by atoms with E-state index in [1.54, 1.807) is 30.3 Å². The molecule has 0 spiro atoms. The van der Waals surface area contributed by atoms with Crippen molar-refractivity contribution in [2.24, 2.45) is 0 Å². The Labute approximate surface area is 209 Å². The molecule has 0 saturated heterocycles. The smallest absolute Gasteiger partial charge is 0.328 e. The topological polar surface area (TPSA) is 83.6 Å². The number of benzene rings is 3. The average Bonchev–Trinajstić information content (AvgIpc) is 3.31. The van der Waals surface area contributed by atoms with Gasteiger partial charge in [-0.3, -0.25) is 4.79 Å². The highest BCUT2D eigenvalue weighted by molar-refractivity contribution is 6.05. The van der Waals surface area contributed by atoms with Gasteiger partial charge in [0.1, 0.15) is 12.0 Å². The number of amides is 1. The van der Waals surface area contributed by atoms with Crippen LogP contribution in [0.3, 0.4) is 0 Å². The number of carbonyl (C=O) groups excluding carboxylic acids is 1. The Bertz CT molecular complexity index is 1650. The number of carbonyl (C=O) groups is 1. The number of nitriles is 1. The lowest BCUT2D eigenvalue weighted by Gasteiger charge is -2.10. The largest absolute Gasteiger partial charge is 0.416 e. The van der Waals surface area contributed by atoms with E-state index in [2.05, 4.69) is 21.4 Å². The quantitative estimate of drug-likeness (QED) is 0.309. The Morgan fingerprint density at radius 3 is 2.51 bits per heavy atom. The fourth-order valence-corrected chi connectivity index (χ4v) is 4.03. The lowest BCUT2D eigenvalue weighted by molar-refractivity contribution is -0.137. The van der Waals surface area contributed by atoms with Gasteiger partial charge < -0.3 is 9.88 Å². The van der Waals surface area contributed by atoms with E-state index < -0.39 is 17.6 Å². The van der Waals surface area contributed by atoms with Crippen molar-refractivity contribution in [3.05, 3.63) is 114 Å². The van der Waals surface area contributed by atoms with Crippen LogP contribution in [0.4, 0.5) is 18.9 Å². The summed E-state index contributed by atoms with van der Waals surface area (Å²) >= 11 is 0. The van der Waals surface area contributed by atoms with Crippen molar-refractivity contribution in [1.82, 2.24) is 14.5 Å². The molecule has 0 bridgehead atoms. The second-order valence-electron chi connectivity index (χ2n) is 8.33. The van der Waals surface area contributed by atoms with Crippen molar-refractivity contribution in [3.63, 3.8) is 0 Å². The maximum absolute atomic E-state index is 13.0. The molecule has 0 atom stereocenters. The molecule has 0 aliphatic heterocycles. The zero-order valence-corrected chi connectivity index (χ0v) is 19.2. The second-order valence-corrected chi connectivity index (χ2v) is 8.33. The summed E-state index contributed by atoms with van der Waals surface area (Å²) < 4.78 is 41.0. The molecule has 182 valence electrons. The molecule has 1 amide bonds. The predicted molar refractivity (Wildman–Crippen MR) is 133 cm³/mol. The van der Waals surface area contributed by atoms with Gasteiger partial charge in [-0.15, -0.1) is 0 Å². The molecule has 5 aromatic rings. The van der Waals surface area contributed by atoms with Crippen molar-refractivity contribution >= 4 is 22.6 Å². The number of aromatic nitrogens is 3. The molecule has 0 aliphatic carbocycles. The minimum atomic E-state index is -4.54. The van der Waals surface area contributed by atoms with E-state index in [0.717, 1.165) is 23.1 Å². The molecule has 2 heterocycles. The first-order valence-electron chi connectivity index (χ1n) is 11.2. The van der Waals surface area contributed by atoms with Crippen LogP contribution >= 0.6 is 0 Å². The number of halogens is 3. The summed E-state index contributed by atoms with van der Waals surface area (Å²) in [6, 6.07) is 22.5. The summed E-state index contributed by atoms with van der Waals surface area (Å²) in [5.74, 6) is -0.648. The van der Waals surface area contributed by atoms with Gasteiger partial charge in [-0.2, -0.15) is 18.4 Å². The number of rotatable bonds is 5. The summed E-state index contributed by atoms with van der Waals surface area (Å²) in [6.07, 6.45) is -1.17. The van der Waals surface area contributed by atoms with Crippen LogP contribution in [0.5, 0.6) is 0 Å². The highest BCUT2D eigenvalue weighted by Crippen LogP contribution is 2.31. The summed E-state index contributed by atoms with van der Waals surface area (Å²) in [7, 11) is 0. The van der Waals surface area contributed by atoms with E-state index in [4.69, 9.17) is 5.26 Å². The summed E-state index contributed by atoms with van der Waals surface area (Å²) in [5, 5.41) is 12.5. The van der Waals surface area contributed by atoms with Crippen LogP contribution in [0.25, 0.3) is 22.3 Å². The fourth-order valence-electron chi connectivity index (χ4n) is 4.03. The number of alkyl halides is 3. The van der Waals surface area contributed by atoms with Crippen LogP contribution in [0, 0.1) is 11.3 Å². The van der Waals surface area contributed by atoms with Gasteiger partial charge in [-0.25, -0.2) is 9.97 Å². The minimum Gasteiger partial charge on any atom is -0.328 e. The normalized spacial score (nSPS) is 11.3. The number of hydrogen-bond acceptors (Lipinski definition) is 4. The number of fused-ring (bicyclic) bond motifs is 1. The first-order chi connectivity index (χ1) is 17.8. The second kappa shape index (κ2) is 9.59. The van der Waals surface area contributed by atoms with Gasteiger partial charge >= 0.3 is 6.18 Å². The van der Waals surface area contributed by atoms with Crippen LogP contribution in [0.2, 0.25) is 0 Å². The molecular weight excluding hydrogens is 479 g/mol. The SMILES string of the molecule is N#Cc1ccc(Cn2ccc3c(-c4cccc(NC(=O)c5cccc(C(F)(F)F)c5)c4)ncnc32)cc1. The van der Waals surface area contributed by atoms with Crippen molar-refractivity contribution in [3.8, 4) is 17.3 Å². The van der Waals surface area contributed by atoms with Gasteiger partial charge in [-0.05, 0) is 54.1 Å². The van der Waals surface area contributed by atoms with E-state index in [1.807, 2.05) is 35.0 Å². The Morgan fingerprint density at radius 2 is 1.76 bits per heavy atom. The molecule has 9 heteroatoms. The van der Waals surface area contributed by atoms with Crippen LogP contribution < -0.4 is 5.32 Å². The summed E-state index contributed by atoms with van der Waals surface area (Å²) in [5.41, 5.74) is 3.12. The zero-order chi connectivity index (χ0) is 26.0. The number of nitrogens with zero attached hydrogens (tertiary/aromatic N) is 4. The van der Waals surface area contributed by atoms with Crippen molar-refractivity contribution in [1.29, 1.82) is 5.26 Å². The van der Waals surface area contributed by atoms with Gasteiger partial charge in [0.2, 0.25) is 0 Å². The van der Waals surface area contributed by atoms with Crippen molar-refractivity contribution in [2.45, 2.75) is 12.7 Å². The summed E-state index contributed by atoms with van der Waals surface area (Å²) in [6.45, 7) is 0.554. The summed E-state index contributed by atoms with van der Waals surface area (Å²) in [4.78, 5) is 21.5. The molecule has 0 fully saturated rings. The Balaban J connectivity index is 1.41. The maximum atomic E-state index is 13.0. The van der Waals surface area contributed by atoms with E-state index in [1.165, 1.54) is 18.5 Å². The molecule has 3 aromatic carbocycles. The van der Waals surface area contributed by atoms with Crippen LogP contribution in [0.15, 0.2) is 91.4 Å². The van der Waals surface area contributed by atoms with Crippen LogP contribution in [-0.4, -0.2) is 20.4 Å². The Kier molecular flexibility index (Phi) is 6.15. The van der Waals surface area contributed by atoms with Gasteiger partial charge in [-0.1, -0.05) is 30.3 Å². The van der Waals surface area contributed by atoms with E-state index in [9.17, 15) is 18.0 Å². The van der Waals surface area contributed by atoms with Crippen molar-refractivity contribution in [2.75, 3.05) is 5.32 Å². The van der Waals surface area contributed by atoms with Crippen LogP contribution in [-0.2, 0) is 12.7 Å². The lowest BCUT2D eigenvalue weighted by Crippen LogP contribution is -2.14. The van der Waals surface area contributed by atoms with Gasteiger partial charge in [0, 0.05) is 34.9 Å². The predicted octanol–water partition coefficient (Wildman–Crippen LogP) is 6.29. The molecule has 1 N–H and O–H groups in total. The van der Waals surface area contributed by atoms with E-state index in [0.29, 0.717) is 34.7 Å². The number of anilines is 1. The molecular formula is C28H18F3N5O. The van der Waals surface area contributed by atoms with Crippen LogP contribution in [0.1, 0.15) is 27.0 Å². The molecule has 0 unspecified atom stereocenters. The Morgan fingerprint density at radius 1 is 0.973 bits per heavy atom. The first-order valence-corrected chi connectivity index (χ1v) is 11.2. The third-order valence-electron chi connectivity index (χ3n) is 5.84. The Hall–Kier alpha value is -4.97. The molecule has 6 nitrogen and oxygen atoms in total. The molecule has 0 aliphatic rings. The highest BCUT2D eigenvalue weighted by atomic mass is 19.4. The van der Waals surface area contributed by atoms with Crippen molar-refractivity contribution < 1.29 is 18.0 Å². The van der Waals surface area contributed by atoms with Gasteiger partial charge in [0.25, 0.3) is 5.91 Å². The zero-order valence-electron chi connectivity index (χ0n) is 19.2. The molecule has 0 radical (unpaired) electrons. The first kappa shape index (κ1) is 23.8. The average molecular weight is 497 g/mol. The molecule has 5 rings (SSSR count). The van der Waals surface area contributed by atoms with E-state index in [-0.39, 0.29) is 5.56 Å². The molecule has 2 aromatic heterocycles. The third-order valence-corrected chi connectivity index (χ3v) is 5.84. The highest BCUT2D eigenvalue weighted by Gasteiger charge is 2.30. The maximum Gasteiger partial charge on any atom is 0.416 e. The monoisotopic (exact) mass is 497 g/mol. The van der Waals surface area contributed by atoms with Gasteiger partial charge in [0.05, 0.1) is 22.9 Å². The van der Waals surface area contributed by atoms with Gasteiger partial charge in [0.15, 0.2) is 0 Å². The van der Waals surface area contributed by atoms with E-state index >= 15 is 0 Å². The molecule has 0 saturated carbocycles. The fraction of sp³-hybridized carbons (Fsp3) is 0.0714.